The number of hydrogen-bond acceptors (Lipinski definition) is 4. The summed E-state index contributed by atoms with van der Waals surface area (Å²) in [6.45, 7) is 8.21. The van der Waals surface area contributed by atoms with Crippen LogP contribution in [-0.2, 0) is 9.31 Å². The van der Waals surface area contributed by atoms with Crippen LogP contribution in [0.3, 0.4) is 0 Å². The molecule has 18 heavy (non-hydrogen) atoms. The maximum atomic E-state index is 5.99. The molecule has 1 fully saturated rings. The number of pyridine rings is 1. The van der Waals surface area contributed by atoms with E-state index in [1.165, 1.54) is 10.8 Å². The average Bonchev–Trinajstić information content (AvgIpc) is 2.80. The van der Waals surface area contributed by atoms with Crippen LogP contribution in [0.1, 0.15) is 27.7 Å². The van der Waals surface area contributed by atoms with Crippen LogP contribution in [0.4, 0.5) is 0 Å². The Morgan fingerprint density at radius 3 is 2.33 bits per heavy atom. The summed E-state index contributed by atoms with van der Waals surface area (Å²) in [6.07, 6.45) is 1.88. The topological polar surface area (TPSA) is 31.4 Å². The van der Waals surface area contributed by atoms with E-state index in [0.29, 0.717) is 0 Å². The van der Waals surface area contributed by atoms with E-state index in [4.69, 9.17) is 9.31 Å². The highest BCUT2D eigenvalue weighted by Gasteiger charge is 2.52. The highest BCUT2D eigenvalue weighted by atomic mass is 32.1. The van der Waals surface area contributed by atoms with Gasteiger partial charge < -0.3 is 9.31 Å². The van der Waals surface area contributed by atoms with Crippen LogP contribution in [0.15, 0.2) is 23.0 Å². The highest BCUT2D eigenvalue weighted by molar-refractivity contribution is 7.09. The maximum Gasteiger partial charge on any atom is 0.514 e. The summed E-state index contributed by atoms with van der Waals surface area (Å²) in [5.74, 6) is 0. The van der Waals surface area contributed by atoms with E-state index in [0.717, 1.165) is 5.59 Å². The molecule has 0 N–H and O–H groups in total. The number of fused-ring (bicyclic) bond motifs is 1. The first-order valence-corrected chi connectivity index (χ1v) is 7.01. The quantitative estimate of drug-likeness (QED) is 0.739. The van der Waals surface area contributed by atoms with Gasteiger partial charge in [-0.15, -0.1) is 0 Å². The second kappa shape index (κ2) is 3.79. The van der Waals surface area contributed by atoms with Gasteiger partial charge >= 0.3 is 7.12 Å². The Bertz CT molecular complexity index is 577. The zero-order valence-corrected chi connectivity index (χ0v) is 11.9. The van der Waals surface area contributed by atoms with Gasteiger partial charge in [-0.1, -0.05) is 0 Å². The predicted molar refractivity (Wildman–Crippen MR) is 75.3 cm³/mol. The van der Waals surface area contributed by atoms with Crippen molar-refractivity contribution in [3.8, 4) is 0 Å². The van der Waals surface area contributed by atoms with Crippen molar-refractivity contribution in [2.45, 2.75) is 38.9 Å². The Morgan fingerprint density at radius 2 is 1.67 bits per heavy atom. The first kappa shape index (κ1) is 12.1. The molecule has 3 rings (SSSR count). The van der Waals surface area contributed by atoms with Gasteiger partial charge in [0, 0.05) is 17.0 Å². The number of hydrogen-bond donors (Lipinski definition) is 0. The van der Waals surface area contributed by atoms with E-state index in [-0.39, 0.29) is 18.3 Å². The summed E-state index contributed by atoms with van der Waals surface area (Å²) in [4.78, 5) is 4.45. The van der Waals surface area contributed by atoms with Gasteiger partial charge in [-0.25, -0.2) is 0 Å². The van der Waals surface area contributed by atoms with Gasteiger partial charge in [-0.3, -0.25) is 4.98 Å². The fourth-order valence-corrected chi connectivity index (χ4v) is 2.73. The third-order valence-corrected chi connectivity index (χ3v) is 4.65. The minimum absolute atomic E-state index is 0.317. The van der Waals surface area contributed by atoms with Crippen molar-refractivity contribution in [2.24, 2.45) is 0 Å². The van der Waals surface area contributed by atoms with Gasteiger partial charge in [0.05, 0.1) is 16.8 Å². The molecule has 5 heteroatoms. The van der Waals surface area contributed by atoms with E-state index < -0.39 is 0 Å². The molecule has 1 saturated heterocycles. The second-order valence-electron chi connectivity index (χ2n) is 5.70. The van der Waals surface area contributed by atoms with Gasteiger partial charge in [-0.05, 0) is 44.5 Å². The fraction of sp³-hybridized carbons (Fsp3) is 0.462. The molecule has 1 aliphatic rings. The Kier molecular flexibility index (Phi) is 2.56. The number of aromatic nitrogens is 1. The molecule has 0 radical (unpaired) electrons. The smallest absolute Gasteiger partial charge is 0.398 e. The molecular formula is C13H16BNO2S. The van der Waals surface area contributed by atoms with Gasteiger partial charge in [-0.2, -0.15) is 11.3 Å². The van der Waals surface area contributed by atoms with Crippen molar-refractivity contribution >= 4 is 34.8 Å². The normalized spacial score (nSPS) is 21.7. The van der Waals surface area contributed by atoms with E-state index in [1.54, 1.807) is 11.3 Å². The summed E-state index contributed by atoms with van der Waals surface area (Å²) in [7, 11) is -0.376. The van der Waals surface area contributed by atoms with Crippen LogP contribution in [0, 0.1) is 0 Å². The standard InChI is InChI=1S/C13H16BNO2S/c1-12(2)13(3,4)17-14(16-12)11-5-9-7-18-8-10(9)6-15-11/h5-8H,1-4H3. The monoisotopic (exact) mass is 261 g/mol. The molecule has 0 amide bonds. The lowest BCUT2D eigenvalue weighted by Crippen LogP contribution is -2.41. The van der Waals surface area contributed by atoms with Crippen LogP contribution in [0.2, 0.25) is 0 Å². The van der Waals surface area contributed by atoms with Gasteiger partial charge in [0.25, 0.3) is 0 Å². The van der Waals surface area contributed by atoms with Crippen molar-refractivity contribution in [2.75, 3.05) is 0 Å². The molecule has 2 aromatic heterocycles. The van der Waals surface area contributed by atoms with E-state index in [9.17, 15) is 0 Å². The number of rotatable bonds is 1. The van der Waals surface area contributed by atoms with E-state index in [2.05, 4.69) is 43.4 Å². The molecule has 3 heterocycles. The van der Waals surface area contributed by atoms with Gasteiger partial charge in [0.15, 0.2) is 0 Å². The molecule has 0 bridgehead atoms. The Balaban J connectivity index is 1.96. The first-order valence-electron chi connectivity index (χ1n) is 6.06. The van der Waals surface area contributed by atoms with Crippen molar-refractivity contribution < 1.29 is 9.31 Å². The molecule has 0 aromatic carbocycles. The molecule has 2 aromatic rings. The van der Waals surface area contributed by atoms with E-state index >= 15 is 0 Å². The van der Waals surface area contributed by atoms with Gasteiger partial charge in [0.1, 0.15) is 0 Å². The lowest BCUT2D eigenvalue weighted by Gasteiger charge is -2.32. The highest BCUT2D eigenvalue weighted by Crippen LogP contribution is 2.36. The number of nitrogens with zero attached hydrogens (tertiary/aromatic N) is 1. The third kappa shape index (κ3) is 1.78. The Labute approximate surface area is 111 Å². The Morgan fingerprint density at radius 1 is 1.06 bits per heavy atom. The van der Waals surface area contributed by atoms with Crippen molar-refractivity contribution in [1.29, 1.82) is 0 Å². The average molecular weight is 261 g/mol. The summed E-state index contributed by atoms with van der Waals surface area (Å²) in [5.41, 5.74) is 0.214. The zero-order valence-electron chi connectivity index (χ0n) is 11.1. The Hall–Kier alpha value is -0.905. The summed E-state index contributed by atoms with van der Waals surface area (Å²) in [6, 6.07) is 2.05. The fourth-order valence-electron chi connectivity index (χ4n) is 1.97. The minimum atomic E-state index is -0.376. The summed E-state index contributed by atoms with van der Waals surface area (Å²) >= 11 is 1.68. The van der Waals surface area contributed by atoms with Crippen molar-refractivity contribution in [3.05, 3.63) is 23.0 Å². The van der Waals surface area contributed by atoms with Gasteiger partial charge in [0.2, 0.25) is 0 Å². The van der Waals surface area contributed by atoms with Crippen LogP contribution >= 0.6 is 11.3 Å². The summed E-state index contributed by atoms with van der Waals surface area (Å²) < 4.78 is 12.0. The minimum Gasteiger partial charge on any atom is -0.398 e. The van der Waals surface area contributed by atoms with E-state index in [1.807, 2.05) is 12.3 Å². The molecular weight excluding hydrogens is 245 g/mol. The molecule has 3 nitrogen and oxygen atoms in total. The predicted octanol–water partition coefficient (Wildman–Crippen LogP) is 2.60. The molecule has 0 saturated carbocycles. The molecule has 0 aliphatic carbocycles. The molecule has 0 atom stereocenters. The maximum absolute atomic E-state index is 5.99. The van der Waals surface area contributed by atoms with Crippen LogP contribution < -0.4 is 5.59 Å². The lowest BCUT2D eigenvalue weighted by molar-refractivity contribution is 0.00578. The third-order valence-electron chi connectivity index (χ3n) is 3.87. The SMILES string of the molecule is CC1(C)OB(c2cc3cscc3cn2)OC1(C)C. The number of thiophene rings is 1. The van der Waals surface area contributed by atoms with Crippen LogP contribution in [-0.4, -0.2) is 23.3 Å². The second-order valence-corrected chi connectivity index (χ2v) is 6.44. The lowest BCUT2D eigenvalue weighted by atomic mass is 9.84. The van der Waals surface area contributed by atoms with Crippen LogP contribution in [0.5, 0.6) is 0 Å². The van der Waals surface area contributed by atoms with Crippen molar-refractivity contribution in [3.63, 3.8) is 0 Å². The molecule has 94 valence electrons. The molecule has 0 spiro atoms. The first-order chi connectivity index (χ1) is 8.39. The summed E-state index contributed by atoms with van der Waals surface area (Å²) in [5, 5.41) is 6.57. The largest absolute Gasteiger partial charge is 0.514 e. The molecule has 0 unspecified atom stereocenters. The van der Waals surface area contributed by atoms with Crippen molar-refractivity contribution in [1.82, 2.24) is 4.98 Å². The molecule has 1 aliphatic heterocycles. The zero-order chi connectivity index (χ0) is 13.0. The van der Waals surface area contributed by atoms with Crippen LogP contribution in [0.25, 0.3) is 10.8 Å².